The van der Waals surface area contributed by atoms with Gasteiger partial charge in [0.1, 0.15) is 0 Å². The first-order valence-corrected chi connectivity index (χ1v) is 6.10. The maximum absolute atomic E-state index is 6.05. The van der Waals surface area contributed by atoms with Crippen LogP contribution in [0, 0.1) is 11.8 Å². The lowest BCUT2D eigenvalue weighted by molar-refractivity contribution is 0.122. The molecule has 2 N–H and O–H groups in total. The second kappa shape index (κ2) is 6.46. The first-order valence-electron chi connectivity index (χ1n) is 6.10. The molecule has 0 amide bonds. The first-order chi connectivity index (χ1) is 7.13. The molecule has 1 aliphatic rings. The summed E-state index contributed by atoms with van der Waals surface area (Å²) < 4.78 is 5.04. The SMILES string of the molecule is COCCC(N)CN1CCC(C)C(C)C1. The molecule has 0 saturated carbocycles. The van der Waals surface area contributed by atoms with Crippen molar-refractivity contribution < 1.29 is 4.74 Å². The Morgan fingerprint density at radius 2 is 2.13 bits per heavy atom. The van der Waals surface area contributed by atoms with E-state index in [0.717, 1.165) is 31.4 Å². The maximum Gasteiger partial charge on any atom is 0.0477 e. The van der Waals surface area contributed by atoms with Gasteiger partial charge in [-0.1, -0.05) is 13.8 Å². The molecular weight excluding hydrogens is 188 g/mol. The van der Waals surface area contributed by atoms with Crippen LogP contribution in [-0.2, 0) is 4.74 Å². The number of likely N-dealkylation sites (tertiary alicyclic amines) is 1. The zero-order valence-electron chi connectivity index (χ0n) is 10.4. The van der Waals surface area contributed by atoms with Crippen LogP contribution in [0.15, 0.2) is 0 Å². The molecule has 3 heteroatoms. The topological polar surface area (TPSA) is 38.5 Å². The van der Waals surface area contributed by atoms with E-state index < -0.39 is 0 Å². The Hall–Kier alpha value is -0.120. The van der Waals surface area contributed by atoms with Crippen LogP contribution in [0.5, 0.6) is 0 Å². The molecule has 0 aromatic rings. The van der Waals surface area contributed by atoms with Gasteiger partial charge in [-0.15, -0.1) is 0 Å². The van der Waals surface area contributed by atoms with E-state index in [1.165, 1.54) is 19.5 Å². The molecule has 90 valence electrons. The van der Waals surface area contributed by atoms with E-state index in [1.54, 1.807) is 7.11 Å². The van der Waals surface area contributed by atoms with E-state index >= 15 is 0 Å². The average molecular weight is 214 g/mol. The number of ether oxygens (including phenoxy) is 1. The van der Waals surface area contributed by atoms with Crippen LogP contribution in [0.4, 0.5) is 0 Å². The number of methoxy groups -OCH3 is 1. The van der Waals surface area contributed by atoms with Crippen molar-refractivity contribution in [3.05, 3.63) is 0 Å². The number of nitrogens with two attached hydrogens (primary N) is 1. The van der Waals surface area contributed by atoms with E-state index in [0.29, 0.717) is 0 Å². The Labute approximate surface area is 94.0 Å². The smallest absolute Gasteiger partial charge is 0.0477 e. The summed E-state index contributed by atoms with van der Waals surface area (Å²) in [7, 11) is 1.73. The lowest BCUT2D eigenvalue weighted by atomic mass is 9.88. The molecule has 15 heavy (non-hydrogen) atoms. The van der Waals surface area contributed by atoms with Crippen molar-refractivity contribution in [1.82, 2.24) is 4.90 Å². The molecule has 0 spiro atoms. The minimum atomic E-state index is 0.269. The molecule has 1 heterocycles. The molecule has 1 fully saturated rings. The van der Waals surface area contributed by atoms with Gasteiger partial charge in [0.25, 0.3) is 0 Å². The summed E-state index contributed by atoms with van der Waals surface area (Å²) in [5.74, 6) is 1.69. The number of hydrogen-bond acceptors (Lipinski definition) is 3. The van der Waals surface area contributed by atoms with Crippen LogP contribution in [0.25, 0.3) is 0 Å². The Kier molecular flexibility index (Phi) is 5.58. The summed E-state index contributed by atoms with van der Waals surface area (Å²) >= 11 is 0. The molecule has 3 nitrogen and oxygen atoms in total. The van der Waals surface area contributed by atoms with E-state index in [4.69, 9.17) is 10.5 Å². The summed E-state index contributed by atoms with van der Waals surface area (Å²) in [4.78, 5) is 2.50. The van der Waals surface area contributed by atoms with E-state index in [2.05, 4.69) is 18.7 Å². The van der Waals surface area contributed by atoms with Gasteiger partial charge in [-0.2, -0.15) is 0 Å². The van der Waals surface area contributed by atoms with Gasteiger partial charge in [0.05, 0.1) is 0 Å². The van der Waals surface area contributed by atoms with Crippen molar-refractivity contribution in [2.24, 2.45) is 17.6 Å². The van der Waals surface area contributed by atoms with E-state index in [-0.39, 0.29) is 6.04 Å². The average Bonchev–Trinajstić information content (AvgIpc) is 2.20. The molecule has 3 unspecified atom stereocenters. The number of hydrogen-bond donors (Lipinski definition) is 1. The van der Waals surface area contributed by atoms with E-state index in [9.17, 15) is 0 Å². The fraction of sp³-hybridized carbons (Fsp3) is 1.00. The molecule has 3 atom stereocenters. The summed E-state index contributed by atoms with van der Waals surface area (Å²) in [6.45, 7) is 8.93. The third-order valence-electron chi connectivity index (χ3n) is 3.60. The normalized spacial score (nSPS) is 30.4. The fourth-order valence-electron chi connectivity index (χ4n) is 2.21. The van der Waals surface area contributed by atoms with Gasteiger partial charge >= 0.3 is 0 Å². The molecule has 0 aromatic heterocycles. The second-order valence-corrected chi connectivity index (χ2v) is 5.04. The predicted octanol–water partition coefficient (Wildman–Crippen LogP) is 1.33. The van der Waals surface area contributed by atoms with Crippen molar-refractivity contribution in [2.45, 2.75) is 32.7 Å². The Morgan fingerprint density at radius 1 is 1.40 bits per heavy atom. The van der Waals surface area contributed by atoms with Crippen molar-refractivity contribution in [3.8, 4) is 0 Å². The van der Waals surface area contributed by atoms with Gasteiger partial charge in [-0.25, -0.2) is 0 Å². The van der Waals surface area contributed by atoms with Crippen LogP contribution in [0.1, 0.15) is 26.7 Å². The zero-order valence-corrected chi connectivity index (χ0v) is 10.4. The quantitative estimate of drug-likeness (QED) is 0.750. The van der Waals surface area contributed by atoms with Crippen LogP contribution in [0.3, 0.4) is 0 Å². The maximum atomic E-state index is 6.05. The van der Waals surface area contributed by atoms with Crippen LogP contribution >= 0.6 is 0 Å². The highest BCUT2D eigenvalue weighted by Crippen LogP contribution is 2.22. The Balaban J connectivity index is 2.21. The van der Waals surface area contributed by atoms with Gasteiger partial charge in [-0.05, 0) is 31.2 Å². The highest BCUT2D eigenvalue weighted by Gasteiger charge is 2.23. The number of piperidine rings is 1. The highest BCUT2D eigenvalue weighted by atomic mass is 16.5. The highest BCUT2D eigenvalue weighted by molar-refractivity contribution is 4.78. The van der Waals surface area contributed by atoms with Crippen LogP contribution < -0.4 is 5.73 Å². The summed E-state index contributed by atoms with van der Waals surface area (Å²) in [5, 5.41) is 0. The first kappa shape index (κ1) is 12.9. The molecule has 0 bridgehead atoms. The van der Waals surface area contributed by atoms with Crippen molar-refractivity contribution in [2.75, 3.05) is 33.4 Å². The summed E-state index contributed by atoms with van der Waals surface area (Å²) in [6, 6.07) is 0.269. The molecule has 0 aliphatic carbocycles. The fourth-order valence-corrected chi connectivity index (χ4v) is 2.21. The van der Waals surface area contributed by atoms with Gasteiger partial charge < -0.3 is 15.4 Å². The third kappa shape index (κ3) is 4.49. The lowest BCUT2D eigenvalue weighted by Crippen LogP contribution is -2.44. The third-order valence-corrected chi connectivity index (χ3v) is 3.60. The largest absolute Gasteiger partial charge is 0.385 e. The molecule has 1 aliphatic heterocycles. The van der Waals surface area contributed by atoms with Gasteiger partial charge in [0.15, 0.2) is 0 Å². The summed E-state index contributed by atoms with van der Waals surface area (Å²) in [6.07, 6.45) is 2.29. The minimum absolute atomic E-state index is 0.269. The monoisotopic (exact) mass is 214 g/mol. The van der Waals surface area contributed by atoms with Crippen molar-refractivity contribution >= 4 is 0 Å². The Morgan fingerprint density at radius 3 is 2.73 bits per heavy atom. The molecule has 0 aromatic carbocycles. The molecule has 1 saturated heterocycles. The van der Waals surface area contributed by atoms with Crippen molar-refractivity contribution in [1.29, 1.82) is 0 Å². The molecular formula is C12H26N2O. The Bertz CT molecular complexity index is 175. The molecule has 0 radical (unpaired) electrons. The number of nitrogens with zero attached hydrogens (tertiary/aromatic N) is 1. The van der Waals surface area contributed by atoms with Gasteiger partial charge in [0, 0.05) is 32.8 Å². The minimum Gasteiger partial charge on any atom is -0.385 e. The van der Waals surface area contributed by atoms with Gasteiger partial charge in [0.2, 0.25) is 0 Å². The van der Waals surface area contributed by atoms with Crippen molar-refractivity contribution in [3.63, 3.8) is 0 Å². The summed E-state index contributed by atoms with van der Waals surface area (Å²) in [5.41, 5.74) is 6.05. The molecule has 1 rings (SSSR count). The number of rotatable bonds is 5. The van der Waals surface area contributed by atoms with Crippen LogP contribution in [-0.4, -0.2) is 44.3 Å². The lowest BCUT2D eigenvalue weighted by Gasteiger charge is -2.36. The van der Waals surface area contributed by atoms with Gasteiger partial charge in [-0.3, -0.25) is 0 Å². The second-order valence-electron chi connectivity index (χ2n) is 5.04. The standard InChI is InChI=1S/C12H26N2O/c1-10-4-6-14(8-11(10)2)9-12(13)5-7-15-3/h10-12H,4-9,13H2,1-3H3. The van der Waals surface area contributed by atoms with E-state index in [1.807, 2.05) is 0 Å². The zero-order chi connectivity index (χ0) is 11.3. The predicted molar refractivity (Wildman–Crippen MR) is 63.9 cm³/mol. The van der Waals surface area contributed by atoms with Crippen LogP contribution in [0.2, 0.25) is 0 Å².